The zero-order chi connectivity index (χ0) is 12.0. The van der Waals surface area contributed by atoms with Crippen molar-refractivity contribution in [1.29, 1.82) is 5.26 Å². The van der Waals surface area contributed by atoms with Gasteiger partial charge in [-0.25, -0.2) is 9.97 Å². The van der Waals surface area contributed by atoms with Crippen molar-refractivity contribution in [1.82, 2.24) is 9.97 Å². The third kappa shape index (κ3) is 4.49. The van der Waals surface area contributed by atoms with Gasteiger partial charge in [0.05, 0.1) is 0 Å². The first kappa shape index (κ1) is 12.8. The first-order chi connectivity index (χ1) is 7.53. The van der Waals surface area contributed by atoms with Crippen molar-refractivity contribution in [2.75, 3.05) is 17.6 Å². The van der Waals surface area contributed by atoms with Gasteiger partial charge in [0.15, 0.2) is 11.5 Å². The minimum atomic E-state index is 0.266. The van der Waals surface area contributed by atoms with Crippen LogP contribution in [0.2, 0.25) is 0 Å². The van der Waals surface area contributed by atoms with E-state index >= 15 is 0 Å². The molecule has 0 aliphatic carbocycles. The number of aromatic nitrogens is 2. The van der Waals surface area contributed by atoms with Crippen LogP contribution in [0.4, 0.5) is 5.82 Å². The number of anilines is 1. The lowest BCUT2D eigenvalue weighted by Gasteiger charge is -2.17. The summed E-state index contributed by atoms with van der Waals surface area (Å²) in [7, 11) is 0. The highest BCUT2D eigenvalue weighted by atomic mass is 32.2. The molecule has 1 aromatic heterocycles. The first-order valence-electron chi connectivity index (χ1n) is 5.12. The zero-order valence-electron chi connectivity index (χ0n) is 9.82. The van der Waals surface area contributed by atoms with Gasteiger partial charge in [-0.2, -0.15) is 17.0 Å². The molecular weight excluding hydrogens is 220 g/mol. The Bertz CT molecular complexity index is 378. The zero-order valence-corrected chi connectivity index (χ0v) is 10.6. The van der Waals surface area contributed by atoms with Crippen LogP contribution in [0.1, 0.15) is 26.5 Å². The quantitative estimate of drug-likeness (QED) is 0.813. The lowest BCUT2D eigenvalue weighted by molar-refractivity contribution is 0.802. The normalized spacial score (nSPS) is 10.9. The number of hydrogen-bond acceptors (Lipinski definition) is 5. The van der Waals surface area contributed by atoms with Gasteiger partial charge >= 0.3 is 0 Å². The predicted octanol–water partition coefficient (Wildman–Crippen LogP) is 2.29. The van der Waals surface area contributed by atoms with Crippen LogP contribution in [0.15, 0.2) is 12.4 Å². The van der Waals surface area contributed by atoms with Crippen LogP contribution in [0, 0.1) is 11.3 Å². The Morgan fingerprint density at radius 3 is 2.69 bits per heavy atom. The molecule has 4 nitrogen and oxygen atoms in total. The fourth-order valence-electron chi connectivity index (χ4n) is 1.08. The number of hydrogen-bond donors (Lipinski definition) is 1. The van der Waals surface area contributed by atoms with E-state index in [2.05, 4.69) is 36.1 Å². The number of nitriles is 1. The van der Waals surface area contributed by atoms with Crippen molar-refractivity contribution >= 4 is 17.6 Å². The Balaban J connectivity index is 2.41. The van der Waals surface area contributed by atoms with Crippen LogP contribution in [-0.2, 0) is 0 Å². The summed E-state index contributed by atoms with van der Waals surface area (Å²) in [4.78, 5) is 8.01. The maximum absolute atomic E-state index is 8.81. The average Bonchev–Trinajstić information content (AvgIpc) is 2.23. The Kier molecular flexibility index (Phi) is 4.56. The van der Waals surface area contributed by atoms with E-state index in [0.29, 0.717) is 11.5 Å². The van der Waals surface area contributed by atoms with E-state index < -0.39 is 0 Å². The molecule has 0 aliphatic rings. The van der Waals surface area contributed by atoms with Gasteiger partial charge in [0.2, 0.25) is 0 Å². The lowest BCUT2D eigenvalue weighted by atomic mass is 10.3. The smallest absolute Gasteiger partial charge is 0.182 e. The molecule has 0 bridgehead atoms. The molecule has 0 saturated heterocycles. The van der Waals surface area contributed by atoms with Gasteiger partial charge in [-0.15, -0.1) is 0 Å². The van der Waals surface area contributed by atoms with Crippen molar-refractivity contribution in [3.63, 3.8) is 0 Å². The van der Waals surface area contributed by atoms with Gasteiger partial charge in [0.1, 0.15) is 6.07 Å². The molecule has 1 heterocycles. The summed E-state index contributed by atoms with van der Waals surface area (Å²) >= 11 is 1.87. The molecule has 1 N–H and O–H groups in total. The molecule has 86 valence electrons. The summed E-state index contributed by atoms with van der Waals surface area (Å²) in [5.74, 6) is 1.55. The van der Waals surface area contributed by atoms with E-state index in [1.54, 1.807) is 6.20 Å². The van der Waals surface area contributed by atoms with Crippen molar-refractivity contribution < 1.29 is 0 Å². The third-order valence-corrected chi connectivity index (χ3v) is 3.01. The van der Waals surface area contributed by atoms with E-state index in [1.165, 1.54) is 6.20 Å². The Morgan fingerprint density at radius 1 is 1.38 bits per heavy atom. The van der Waals surface area contributed by atoms with Crippen LogP contribution in [0.3, 0.4) is 0 Å². The van der Waals surface area contributed by atoms with Gasteiger partial charge < -0.3 is 5.32 Å². The molecule has 0 aromatic carbocycles. The summed E-state index contributed by atoms with van der Waals surface area (Å²) in [5.41, 5.74) is 0.350. The van der Waals surface area contributed by atoms with Crippen LogP contribution < -0.4 is 5.32 Å². The van der Waals surface area contributed by atoms with Crippen molar-refractivity contribution in [3.8, 4) is 6.07 Å². The molecule has 0 atom stereocenters. The van der Waals surface area contributed by atoms with Crippen LogP contribution in [0.25, 0.3) is 0 Å². The number of rotatable bonds is 4. The second-order valence-corrected chi connectivity index (χ2v) is 6.17. The Labute approximate surface area is 100 Å². The molecule has 16 heavy (non-hydrogen) atoms. The van der Waals surface area contributed by atoms with Gasteiger partial charge in [0.25, 0.3) is 0 Å². The largest absolute Gasteiger partial charge is 0.367 e. The summed E-state index contributed by atoms with van der Waals surface area (Å²) in [5, 5.41) is 11.9. The topological polar surface area (TPSA) is 61.6 Å². The fourth-order valence-corrected chi connectivity index (χ4v) is 1.89. The van der Waals surface area contributed by atoms with Gasteiger partial charge in [-0.1, -0.05) is 20.8 Å². The predicted molar refractivity (Wildman–Crippen MR) is 67.4 cm³/mol. The first-order valence-corrected chi connectivity index (χ1v) is 6.10. The minimum absolute atomic E-state index is 0.266. The molecule has 5 heteroatoms. The number of nitrogens with zero attached hydrogens (tertiary/aromatic N) is 3. The second kappa shape index (κ2) is 5.71. The van der Waals surface area contributed by atoms with E-state index in [4.69, 9.17) is 5.26 Å². The second-order valence-electron chi connectivity index (χ2n) is 4.25. The summed E-state index contributed by atoms with van der Waals surface area (Å²) < 4.78 is 0.266. The van der Waals surface area contributed by atoms with Crippen LogP contribution in [-0.4, -0.2) is 27.0 Å². The van der Waals surface area contributed by atoms with Gasteiger partial charge in [-0.05, 0) is 0 Å². The van der Waals surface area contributed by atoms with Crippen molar-refractivity contribution in [2.24, 2.45) is 0 Å². The molecule has 0 amide bonds. The molecule has 0 aliphatic heterocycles. The molecule has 0 spiro atoms. The highest BCUT2D eigenvalue weighted by Crippen LogP contribution is 2.22. The van der Waals surface area contributed by atoms with E-state index in [-0.39, 0.29) is 4.75 Å². The van der Waals surface area contributed by atoms with Crippen molar-refractivity contribution in [2.45, 2.75) is 25.5 Å². The summed E-state index contributed by atoms with van der Waals surface area (Å²) in [6.45, 7) is 7.33. The summed E-state index contributed by atoms with van der Waals surface area (Å²) in [6.07, 6.45) is 3.10. The molecule has 0 radical (unpaired) electrons. The molecule has 1 rings (SSSR count). The van der Waals surface area contributed by atoms with E-state index in [1.807, 2.05) is 17.8 Å². The molecule has 0 fully saturated rings. The standard InChI is InChI=1S/C11H16N4S/c1-11(2,3)16-7-6-15-10-9(8-12)13-4-5-14-10/h4-5H,6-7H2,1-3H3,(H,14,15). The monoisotopic (exact) mass is 236 g/mol. The van der Waals surface area contributed by atoms with Gasteiger partial charge in [0, 0.05) is 29.4 Å². The molecule has 0 unspecified atom stereocenters. The average molecular weight is 236 g/mol. The number of nitrogens with one attached hydrogen (secondary N) is 1. The molecule has 0 saturated carbocycles. The van der Waals surface area contributed by atoms with Crippen LogP contribution >= 0.6 is 11.8 Å². The SMILES string of the molecule is CC(C)(C)SCCNc1nccnc1C#N. The van der Waals surface area contributed by atoms with Crippen LogP contribution in [0.5, 0.6) is 0 Å². The maximum Gasteiger partial charge on any atom is 0.182 e. The number of thioether (sulfide) groups is 1. The Morgan fingerprint density at radius 2 is 2.06 bits per heavy atom. The highest BCUT2D eigenvalue weighted by Gasteiger charge is 2.10. The molecule has 1 aromatic rings. The fraction of sp³-hybridized carbons (Fsp3) is 0.545. The molecular formula is C11H16N4S. The highest BCUT2D eigenvalue weighted by molar-refractivity contribution is 8.00. The summed E-state index contributed by atoms with van der Waals surface area (Å²) in [6, 6.07) is 2.01. The van der Waals surface area contributed by atoms with E-state index in [9.17, 15) is 0 Å². The van der Waals surface area contributed by atoms with Gasteiger partial charge in [-0.3, -0.25) is 0 Å². The minimum Gasteiger partial charge on any atom is -0.367 e. The van der Waals surface area contributed by atoms with Crippen molar-refractivity contribution in [3.05, 3.63) is 18.1 Å². The Hall–Kier alpha value is -1.28. The van der Waals surface area contributed by atoms with E-state index in [0.717, 1.165) is 12.3 Å². The maximum atomic E-state index is 8.81. The lowest BCUT2D eigenvalue weighted by Crippen LogP contribution is -2.14. The third-order valence-electron chi connectivity index (χ3n) is 1.73.